The van der Waals surface area contributed by atoms with Crippen molar-refractivity contribution in [1.29, 1.82) is 0 Å². The standard InChI is InChI=1S/C17H19N3O4/c1-11-6-4-5-7-14(11)18-12(2)17(21)19-15-10-13(20(22)23)8-9-16(15)24-3/h4-10,12,18H,1-3H3,(H,19,21). The molecule has 0 bridgehead atoms. The molecule has 2 aromatic carbocycles. The number of carbonyl (C=O) groups excluding carboxylic acids is 1. The summed E-state index contributed by atoms with van der Waals surface area (Å²) in [5, 5.41) is 16.7. The second-order valence-corrected chi connectivity index (χ2v) is 5.31. The van der Waals surface area contributed by atoms with Crippen LogP contribution in [-0.4, -0.2) is 24.0 Å². The molecule has 7 heteroatoms. The average Bonchev–Trinajstić information content (AvgIpc) is 2.56. The van der Waals surface area contributed by atoms with E-state index in [4.69, 9.17) is 4.74 Å². The summed E-state index contributed by atoms with van der Waals surface area (Å²) in [7, 11) is 1.44. The lowest BCUT2D eigenvalue weighted by Crippen LogP contribution is -2.32. The first-order valence-electron chi connectivity index (χ1n) is 7.38. The second kappa shape index (κ2) is 7.45. The minimum atomic E-state index is -0.532. The zero-order valence-corrected chi connectivity index (χ0v) is 13.7. The third-order valence-electron chi connectivity index (χ3n) is 3.56. The van der Waals surface area contributed by atoms with E-state index in [9.17, 15) is 14.9 Å². The van der Waals surface area contributed by atoms with E-state index >= 15 is 0 Å². The van der Waals surface area contributed by atoms with Gasteiger partial charge in [-0.3, -0.25) is 14.9 Å². The van der Waals surface area contributed by atoms with Crippen molar-refractivity contribution in [3.63, 3.8) is 0 Å². The van der Waals surface area contributed by atoms with Crippen LogP contribution in [0.4, 0.5) is 17.1 Å². The Labute approximate surface area is 139 Å². The zero-order valence-electron chi connectivity index (χ0n) is 13.7. The van der Waals surface area contributed by atoms with Crippen molar-refractivity contribution in [3.8, 4) is 5.75 Å². The Morgan fingerprint density at radius 1 is 1.21 bits per heavy atom. The van der Waals surface area contributed by atoms with E-state index in [1.165, 1.54) is 25.3 Å². The van der Waals surface area contributed by atoms with Crippen LogP contribution in [0.3, 0.4) is 0 Å². The maximum absolute atomic E-state index is 12.4. The Morgan fingerprint density at radius 3 is 2.54 bits per heavy atom. The molecule has 0 radical (unpaired) electrons. The van der Waals surface area contributed by atoms with Crippen molar-refractivity contribution in [1.82, 2.24) is 0 Å². The van der Waals surface area contributed by atoms with E-state index < -0.39 is 11.0 Å². The van der Waals surface area contributed by atoms with Crippen LogP contribution >= 0.6 is 0 Å². The van der Waals surface area contributed by atoms with E-state index in [0.29, 0.717) is 5.75 Å². The van der Waals surface area contributed by atoms with Gasteiger partial charge in [0.25, 0.3) is 5.69 Å². The SMILES string of the molecule is COc1ccc([N+](=O)[O-])cc1NC(=O)C(C)Nc1ccccc1C. The number of nitrogens with zero attached hydrogens (tertiary/aromatic N) is 1. The molecule has 1 unspecified atom stereocenters. The molecule has 1 amide bonds. The number of nitrogens with one attached hydrogen (secondary N) is 2. The van der Waals surface area contributed by atoms with Crippen LogP contribution < -0.4 is 15.4 Å². The number of anilines is 2. The number of nitro benzene ring substituents is 1. The number of rotatable bonds is 6. The van der Waals surface area contributed by atoms with Crippen molar-refractivity contribution >= 4 is 23.0 Å². The van der Waals surface area contributed by atoms with Crippen molar-refractivity contribution in [2.24, 2.45) is 0 Å². The fraction of sp³-hybridized carbons (Fsp3) is 0.235. The van der Waals surface area contributed by atoms with Crippen molar-refractivity contribution < 1.29 is 14.5 Å². The molecule has 0 fully saturated rings. The van der Waals surface area contributed by atoms with Crippen LogP contribution in [0.15, 0.2) is 42.5 Å². The molecule has 0 saturated carbocycles. The molecule has 7 nitrogen and oxygen atoms in total. The molecular weight excluding hydrogens is 310 g/mol. The molecule has 2 aromatic rings. The quantitative estimate of drug-likeness (QED) is 0.626. The third kappa shape index (κ3) is 4.01. The lowest BCUT2D eigenvalue weighted by molar-refractivity contribution is -0.384. The summed E-state index contributed by atoms with van der Waals surface area (Å²) in [5.41, 5.74) is 2.01. The lowest BCUT2D eigenvalue weighted by Gasteiger charge is -2.17. The largest absolute Gasteiger partial charge is 0.495 e. The van der Waals surface area contributed by atoms with Crippen LogP contribution in [0.25, 0.3) is 0 Å². The maximum Gasteiger partial charge on any atom is 0.271 e. The van der Waals surface area contributed by atoms with E-state index in [1.54, 1.807) is 6.92 Å². The van der Waals surface area contributed by atoms with Crippen molar-refractivity contribution in [3.05, 3.63) is 58.1 Å². The number of hydrogen-bond donors (Lipinski definition) is 2. The summed E-state index contributed by atoms with van der Waals surface area (Å²) in [6.07, 6.45) is 0. The third-order valence-corrected chi connectivity index (χ3v) is 3.56. The Balaban J connectivity index is 2.15. The van der Waals surface area contributed by atoms with Crippen LogP contribution in [-0.2, 0) is 4.79 Å². The molecule has 0 aliphatic carbocycles. The Hall–Kier alpha value is -3.09. The number of methoxy groups -OCH3 is 1. The summed E-state index contributed by atoms with van der Waals surface area (Å²) < 4.78 is 5.14. The van der Waals surface area contributed by atoms with Gasteiger partial charge in [0.2, 0.25) is 5.91 Å². The van der Waals surface area contributed by atoms with Crippen LogP contribution in [0.2, 0.25) is 0 Å². The number of nitro groups is 1. The van der Waals surface area contributed by atoms with E-state index in [2.05, 4.69) is 10.6 Å². The predicted octanol–water partition coefficient (Wildman–Crippen LogP) is 3.35. The van der Waals surface area contributed by atoms with Gasteiger partial charge in [-0.1, -0.05) is 18.2 Å². The molecule has 2 N–H and O–H groups in total. The molecule has 0 saturated heterocycles. The first kappa shape index (κ1) is 17.3. The summed E-state index contributed by atoms with van der Waals surface area (Å²) >= 11 is 0. The Bertz CT molecular complexity index is 761. The Kier molecular flexibility index (Phi) is 5.36. The number of ether oxygens (including phenoxy) is 1. The van der Waals surface area contributed by atoms with Gasteiger partial charge in [-0.2, -0.15) is 0 Å². The highest BCUT2D eigenvalue weighted by Gasteiger charge is 2.18. The Morgan fingerprint density at radius 2 is 1.92 bits per heavy atom. The lowest BCUT2D eigenvalue weighted by atomic mass is 10.1. The zero-order chi connectivity index (χ0) is 17.7. The number of aryl methyl sites for hydroxylation is 1. The smallest absolute Gasteiger partial charge is 0.271 e. The topological polar surface area (TPSA) is 93.5 Å². The molecule has 0 spiro atoms. The van der Waals surface area contributed by atoms with Gasteiger partial charge >= 0.3 is 0 Å². The monoisotopic (exact) mass is 329 g/mol. The number of non-ortho nitro benzene ring substituents is 1. The molecule has 1 atom stereocenters. The van der Waals surface area contributed by atoms with Crippen molar-refractivity contribution in [2.75, 3.05) is 17.7 Å². The molecule has 24 heavy (non-hydrogen) atoms. The number of carbonyl (C=O) groups is 1. The van der Waals surface area contributed by atoms with E-state index in [0.717, 1.165) is 11.3 Å². The van der Waals surface area contributed by atoms with Crippen LogP contribution in [0.1, 0.15) is 12.5 Å². The molecule has 0 aliphatic rings. The van der Waals surface area contributed by atoms with Gasteiger partial charge in [0.1, 0.15) is 11.8 Å². The second-order valence-electron chi connectivity index (χ2n) is 5.31. The van der Waals surface area contributed by atoms with Crippen molar-refractivity contribution in [2.45, 2.75) is 19.9 Å². The van der Waals surface area contributed by atoms with Gasteiger partial charge in [-0.05, 0) is 31.5 Å². The highest BCUT2D eigenvalue weighted by atomic mass is 16.6. The van der Waals surface area contributed by atoms with Gasteiger partial charge in [0, 0.05) is 17.8 Å². The van der Waals surface area contributed by atoms with Gasteiger partial charge in [0.05, 0.1) is 17.7 Å². The van der Waals surface area contributed by atoms with Crippen LogP contribution in [0.5, 0.6) is 5.75 Å². The van der Waals surface area contributed by atoms with E-state index in [-0.39, 0.29) is 17.3 Å². The van der Waals surface area contributed by atoms with Crippen LogP contribution in [0, 0.1) is 17.0 Å². The average molecular weight is 329 g/mol. The fourth-order valence-corrected chi connectivity index (χ4v) is 2.18. The number of amides is 1. The number of benzene rings is 2. The predicted molar refractivity (Wildman–Crippen MR) is 92.5 cm³/mol. The fourth-order valence-electron chi connectivity index (χ4n) is 2.18. The molecular formula is C17H19N3O4. The summed E-state index contributed by atoms with van der Waals surface area (Å²) in [6, 6.07) is 11.1. The highest BCUT2D eigenvalue weighted by Crippen LogP contribution is 2.29. The first-order valence-corrected chi connectivity index (χ1v) is 7.38. The molecule has 126 valence electrons. The first-order chi connectivity index (χ1) is 11.4. The molecule has 0 aromatic heterocycles. The van der Waals surface area contributed by atoms with Gasteiger partial charge in [-0.25, -0.2) is 0 Å². The molecule has 0 aliphatic heterocycles. The number of para-hydroxylation sites is 1. The van der Waals surface area contributed by atoms with Gasteiger partial charge in [0.15, 0.2) is 0 Å². The highest BCUT2D eigenvalue weighted by molar-refractivity contribution is 5.97. The normalized spacial score (nSPS) is 11.5. The number of hydrogen-bond acceptors (Lipinski definition) is 5. The summed E-state index contributed by atoms with van der Waals surface area (Å²) in [6.45, 7) is 3.65. The minimum absolute atomic E-state index is 0.120. The summed E-state index contributed by atoms with van der Waals surface area (Å²) in [4.78, 5) is 22.7. The maximum atomic E-state index is 12.4. The molecule has 0 heterocycles. The summed E-state index contributed by atoms with van der Waals surface area (Å²) in [5.74, 6) is 0.0362. The van der Waals surface area contributed by atoms with Gasteiger partial charge < -0.3 is 15.4 Å². The minimum Gasteiger partial charge on any atom is -0.495 e. The molecule has 2 rings (SSSR count). The van der Waals surface area contributed by atoms with Gasteiger partial charge in [-0.15, -0.1) is 0 Å². The van der Waals surface area contributed by atoms with E-state index in [1.807, 2.05) is 31.2 Å².